The SMILES string of the molecule is COC(=O)[C@]12CCC[C@@]1(O)O[C@@]1(C)c3ccccc3CC[C@H]12. The molecule has 0 spiro atoms. The van der Waals surface area contributed by atoms with Gasteiger partial charge in [0, 0.05) is 12.3 Å². The van der Waals surface area contributed by atoms with E-state index in [4.69, 9.17) is 9.47 Å². The molecule has 2 aliphatic carbocycles. The van der Waals surface area contributed by atoms with Crippen molar-refractivity contribution in [1.29, 1.82) is 0 Å². The van der Waals surface area contributed by atoms with Crippen LogP contribution in [0.3, 0.4) is 0 Å². The summed E-state index contributed by atoms with van der Waals surface area (Å²) < 4.78 is 11.4. The van der Waals surface area contributed by atoms with E-state index in [1.165, 1.54) is 12.7 Å². The molecule has 0 radical (unpaired) electrons. The minimum atomic E-state index is -1.41. The minimum absolute atomic E-state index is 0.0464. The van der Waals surface area contributed by atoms with Crippen LogP contribution < -0.4 is 0 Å². The summed E-state index contributed by atoms with van der Waals surface area (Å²) in [5, 5.41) is 11.2. The van der Waals surface area contributed by atoms with Gasteiger partial charge < -0.3 is 14.6 Å². The Balaban J connectivity index is 1.91. The third kappa shape index (κ3) is 1.43. The zero-order chi connectivity index (χ0) is 15.6. The molecular weight excluding hydrogens is 280 g/mol. The monoisotopic (exact) mass is 302 g/mol. The van der Waals surface area contributed by atoms with Gasteiger partial charge in [-0.25, -0.2) is 0 Å². The molecule has 1 aliphatic heterocycles. The minimum Gasteiger partial charge on any atom is -0.468 e. The molecule has 1 N–H and O–H groups in total. The van der Waals surface area contributed by atoms with Gasteiger partial charge in [0.2, 0.25) is 0 Å². The first kappa shape index (κ1) is 14.2. The maximum atomic E-state index is 12.7. The molecule has 0 amide bonds. The Morgan fingerprint density at radius 1 is 1.36 bits per heavy atom. The van der Waals surface area contributed by atoms with Crippen LogP contribution in [0.4, 0.5) is 0 Å². The van der Waals surface area contributed by atoms with Gasteiger partial charge in [0.05, 0.1) is 12.7 Å². The molecule has 1 aromatic rings. The number of ether oxygens (including phenoxy) is 2. The van der Waals surface area contributed by atoms with Crippen molar-refractivity contribution >= 4 is 5.97 Å². The summed E-state index contributed by atoms with van der Waals surface area (Å²) in [4.78, 5) is 12.7. The van der Waals surface area contributed by atoms with E-state index in [1.807, 2.05) is 19.1 Å². The number of benzene rings is 1. The van der Waals surface area contributed by atoms with Gasteiger partial charge in [0.15, 0.2) is 5.79 Å². The van der Waals surface area contributed by atoms with Crippen LogP contribution in [-0.4, -0.2) is 24.0 Å². The summed E-state index contributed by atoms with van der Waals surface area (Å²) in [6.07, 6.45) is 3.67. The lowest BCUT2D eigenvalue weighted by Crippen LogP contribution is -2.50. The zero-order valence-corrected chi connectivity index (χ0v) is 13.1. The highest BCUT2D eigenvalue weighted by atomic mass is 16.7. The first-order chi connectivity index (χ1) is 10.5. The Hall–Kier alpha value is -1.39. The molecule has 118 valence electrons. The van der Waals surface area contributed by atoms with Gasteiger partial charge in [-0.1, -0.05) is 24.3 Å². The number of rotatable bonds is 1. The topological polar surface area (TPSA) is 55.8 Å². The van der Waals surface area contributed by atoms with Crippen LogP contribution in [0, 0.1) is 11.3 Å². The molecule has 4 heteroatoms. The maximum Gasteiger partial charge on any atom is 0.317 e. The number of hydrogen-bond donors (Lipinski definition) is 1. The van der Waals surface area contributed by atoms with E-state index >= 15 is 0 Å². The Morgan fingerprint density at radius 3 is 2.91 bits per heavy atom. The Labute approximate surface area is 130 Å². The van der Waals surface area contributed by atoms with Gasteiger partial charge in [0.25, 0.3) is 0 Å². The number of esters is 1. The van der Waals surface area contributed by atoms with Gasteiger partial charge in [-0.2, -0.15) is 0 Å². The molecule has 22 heavy (non-hydrogen) atoms. The molecule has 4 atom stereocenters. The standard InChI is InChI=1S/C18H22O4/c1-16-13-7-4-3-6-12(13)8-9-14(16)17(15(19)21-2)10-5-11-18(17,20)22-16/h3-4,6-7,14,20H,5,8-11H2,1-2H3/t14-,16+,17-,18-/m1/s1. The highest BCUT2D eigenvalue weighted by Gasteiger charge is 2.75. The lowest BCUT2D eigenvalue weighted by molar-refractivity contribution is -0.250. The first-order valence-electron chi connectivity index (χ1n) is 8.07. The molecule has 1 saturated carbocycles. The average Bonchev–Trinajstić information content (AvgIpc) is 2.93. The molecule has 4 rings (SSSR count). The Kier molecular flexibility index (Phi) is 2.80. The van der Waals surface area contributed by atoms with E-state index < -0.39 is 16.8 Å². The van der Waals surface area contributed by atoms with Crippen molar-refractivity contribution in [2.75, 3.05) is 7.11 Å². The fourth-order valence-electron chi connectivity index (χ4n) is 5.38. The van der Waals surface area contributed by atoms with Gasteiger partial charge in [-0.15, -0.1) is 0 Å². The quantitative estimate of drug-likeness (QED) is 0.810. The highest BCUT2D eigenvalue weighted by molar-refractivity contribution is 5.80. The summed E-state index contributed by atoms with van der Waals surface area (Å²) >= 11 is 0. The predicted molar refractivity (Wildman–Crippen MR) is 79.9 cm³/mol. The van der Waals surface area contributed by atoms with Crippen LogP contribution in [0.1, 0.15) is 43.7 Å². The van der Waals surface area contributed by atoms with Gasteiger partial charge in [-0.3, -0.25) is 4.79 Å². The Morgan fingerprint density at radius 2 is 2.14 bits per heavy atom. The normalized spacial score (nSPS) is 42.4. The van der Waals surface area contributed by atoms with Crippen LogP contribution >= 0.6 is 0 Å². The van der Waals surface area contributed by atoms with Gasteiger partial charge >= 0.3 is 5.97 Å². The molecule has 0 unspecified atom stereocenters. The van der Waals surface area contributed by atoms with E-state index in [9.17, 15) is 9.90 Å². The molecule has 0 bridgehead atoms. The Bertz CT molecular complexity index is 642. The number of aryl methyl sites for hydroxylation is 1. The molecule has 1 aromatic carbocycles. The number of methoxy groups -OCH3 is 1. The van der Waals surface area contributed by atoms with E-state index in [0.717, 1.165) is 24.8 Å². The highest BCUT2D eigenvalue weighted by Crippen LogP contribution is 2.68. The van der Waals surface area contributed by atoms with Crippen LogP contribution in [0.15, 0.2) is 24.3 Å². The smallest absolute Gasteiger partial charge is 0.317 e. The van der Waals surface area contributed by atoms with Crippen molar-refractivity contribution in [1.82, 2.24) is 0 Å². The van der Waals surface area contributed by atoms with Crippen molar-refractivity contribution in [3.63, 3.8) is 0 Å². The van der Waals surface area contributed by atoms with Gasteiger partial charge in [0.1, 0.15) is 5.41 Å². The van der Waals surface area contributed by atoms with Crippen LogP contribution in [0.25, 0.3) is 0 Å². The van der Waals surface area contributed by atoms with Crippen molar-refractivity contribution in [2.24, 2.45) is 11.3 Å². The predicted octanol–water partition coefficient (Wildman–Crippen LogP) is 2.53. The summed E-state index contributed by atoms with van der Waals surface area (Å²) in [6.45, 7) is 2.02. The molecule has 1 heterocycles. The lowest BCUT2D eigenvalue weighted by Gasteiger charge is -2.41. The average molecular weight is 302 g/mol. The second kappa shape index (κ2) is 4.33. The third-order valence-electron chi connectivity index (χ3n) is 6.23. The van der Waals surface area contributed by atoms with Crippen molar-refractivity contribution in [3.05, 3.63) is 35.4 Å². The molecule has 2 fully saturated rings. The number of fused-ring (bicyclic) bond motifs is 5. The molecule has 1 saturated heterocycles. The van der Waals surface area contributed by atoms with E-state index in [-0.39, 0.29) is 11.9 Å². The van der Waals surface area contributed by atoms with Gasteiger partial charge in [-0.05, 0) is 43.7 Å². The molecular formula is C18H22O4. The first-order valence-corrected chi connectivity index (χ1v) is 8.07. The molecule has 0 aromatic heterocycles. The number of carbonyl (C=O) groups excluding carboxylic acids is 1. The fraction of sp³-hybridized carbons (Fsp3) is 0.611. The van der Waals surface area contributed by atoms with E-state index in [0.29, 0.717) is 12.8 Å². The second-order valence-electron chi connectivity index (χ2n) is 7.06. The van der Waals surface area contributed by atoms with Crippen LogP contribution in [0.2, 0.25) is 0 Å². The van der Waals surface area contributed by atoms with Crippen LogP contribution in [-0.2, 0) is 26.3 Å². The largest absolute Gasteiger partial charge is 0.468 e. The molecule has 3 aliphatic rings. The fourth-order valence-corrected chi connectivity index (χ4v) is 5.38. The molecule has 4 nitrogen and oxygen atoms in total. The lowest BCUT2D eigenvalue weighted by atomic mass is 9.60. The van der Waals surface area contributed by atoms with Crippen molar-refractivity contribution in [2.45, 2.75) is 50.4 Å². The second-order valence-corrected chi connectivity index (χ2v) is 7.06. The van der Waals surface area contributed by atoms with Crippen molar-refractivity contribution in [3.8, 4) is 0 Å². The maximum absolute atomic E-state index is 12.7. The number of aliphatic hydroxyl groups is 1. The van der Waals surface area contributed by atoms with E-state index in [2.05, 4.69) is 12.1 Å². The summed E-state index contributed by atoms with van der Waals surface area (Å²) in [7, 11) is 1.41. The van der Waals surface area contributed by atoms with E-state index in [1.54, 1.807) is 0 Å². The number of carbonyl (C=O) groups is 1. The summed E-state index contributed by atoms with van der Waals surface area (Å²) in [5.41, 5.74) is 0.810. The summed E-state index contributed by atoms with van der Waals surface area (Å²) in [6, 6.07) is 8.21. The summed E-state index contributed by atoms with van der Waals surface area (Å²) in [5.74, 6) is -1.77. The zero-order valence-electron chi connectivity index (χ0n) is 13.1. The van der Waals surface area contributed by atoms with Crippen LogP contribution in [0.5, 0.6) is 0 Å². The number of hydrogen-bond acceptors (Lipinski definition) is 4. The third-order valence-corrected chi connectivity index (χ3v) is 6.23. The van der Waals surface area contributed by atoms with Crippen molar-refractivity contribution < 1.29 is 19.4 Å².